The summed E-state index contributed by atoms with van der Waals surface area (Å²) in [5.41, 5.74) is 0. The lowest BCUT2D eigenvalue weighted by Gasteiger charge is -2.20. The predicted molar refractivity (Wildman–Crippen MR) is 61.4 cm³/mol. The summed E-state index contributed by atoms with van der Waals surface area (Å²) in [6.45, 7) is 0.212. The predicted octanol–water partition coefficient (Wildman–Crippen LogP) is 0.224. The lowest BCUT2D eigenvalue weighted by molar-refractivity contribution is -0.147. The number of rotatable bonds is 5. The Balaban J connectivity index is 2.16. The smallest absolute Gasteiger partial charge is 0.332 e. The van der Waals surface area contributed by atoms with Gasteiger partial charge in [0.05, 0.1) is 5.25 Å². The van der Waals surface area contributed by atoms with Crippen LogP contribution in [0.5, 0.6) is 0 Å². The first kappa shape index (κ1) is 13.3. The molecule has 0 radical (unpaired) electrons. The second-order valence-corrected chi connectivity index (χ2v) is 5.10. The largest absolute Gasteiger partial charge is 0.479 e. The summed E-state index contributed by atoms with van der Waals surface area (Å²) in [7, 11) is 0. The number of amides is 1. The van der Waals surface area contributed by atoms with Gasteiger partial charge in [0.25, 0.3) is 0 Å². The van der Waals surface area contributed by atoms with E-state index in [-0.39, 0.29) is 24.1 Å². The number of carboxylic acids is 1. The van der Waals surface area contributed by atoms with Gasteiger partial charge in [-0.05, 0) is 18.6 Å². The molecule has 3 N–H and O–H groups in total. The van der Waals surface area contributed by atoms with Crippen LogP contribution >= 0.6 is 11.8 Å². The lowest BCUT2D eigenvalue weighted by Crippen LogP contribution is -2.36. The lowest BCUT2D eigenvalue weighted by atomic mass is 10.2. The maximum absolute atomic E-state index is 11.6. The molecule has 0 bridgehead atoms. The van der Waals surface area contributed by atoms with Crippen LogP contribution in [0, 0.1) is 0 Å². The third kappa shape index (κ3) is 4.40. The molecule has 1 amide bonds. The van der Waals surface area contributed by atoms with Gasteiger partial charge in [-0.15, -0.1) is 11.8 Å². The molecule has 1 heterocycles. The molecular formula is C10H17NO4S. The first-order valence-electron chi connectivity index (χ1n) is 5.41. The number of nitrogens with one attached hydrogen (secondary N) is 1. The van der Waals surface area contributed by atoms with E-state index in [2.05, 4.69) is 5.32 Å². The fraction of sp³-hybridized carbons (Fsp3) is 0.800. The molecule has 6 heteroatoms. The molecule has 0 saturated carbocycles. The summed E-state index contributed by atoms with van der Waals surface area (Å²) in [4.78, 5) is 21.9. The first-order valence-corrected chi connectivity index (χ1v) is 6.46. The van der Waals surface area contributed by atoms with Crippen molar-refractivity contribution in [2.45, 2.75) is 37.0 Å². The number of carbonyl (C=O) groups is 2. The molecule has 0 spiro atoms. The van der Waals surface area contributed by atoms with E-state index in [1.165, 1.54) is 0 Å². The molecule has 0 aromatic rings. The van der Waals surface area contributed by atoms with Crippen LogP contribution in [-0.4, -0.2) is 45.7 Å². The highest BCUT2D eigenvalue weighted by atomic mass is 32.2. The maximum atomic E-state index is 11.6. The van der Waals surface area contributed by atoms with Crippen molar-refractivity contribution in [1.82, 2.24) is 5.32 Å². The Hall–Kier alpha value is -0.750. The fourth-order valence-corrected chi connectivity index (χ4v) is 2.74. The highest BCUT2D eigenvalue weighted by Crippen LogP contribution is 2.24. The number of hydrogen-bond donors (Lipinski definition) is 3. The third-order valence-electron chi connectivity index (χ3n) is 2.47. The van der Waals surface area contributed by atoms with Crippen molar-refractivity contribution in [1.29, 1.82) is 0 Å². The minimum absolute atomic E-state index is 0.00396. The first-order chi connectivity index (χ1) is 7.61. The molecule has 92 valence electrons. The molecule has 16 heavy (non-hydrogen) atoms. The molecule has 5 nitrogen and oxygen atoms in total. The monoisotopic (exact) mass is 247 g/mol. The topological polar surface area (TPSA) is 86.6 Å². The number of aliphatic hydroxyl groups is 1. The zero-order chi connectivity index (χ0) is 12.0. The molecule has 1 saturated heterocycles. The van der Waals surface area contributed by atoms with Gasteiger partial charge in [-0.2, -0.15) is 0 Å². The van der Waals surface area contributed by atoms with Crippen LogP contribution in [0.15, 0.2) is 0 Å². The molecule has 0 aromatic carbocycles. The number of carboxylic acid groups (broad SMARTS) is 1. The van der Waals surface area contributed by atoms with E-state index in [1.54, 1.807) is 11.8 Å². The van der Waals surface area contributed by atoms with Crippen LogP contribution in [0.1, 0.15) is 25.7 Å². The van der Waals surface area contributed by atoms with E-state index in [4.69, 9.17) is 10.2 Å². The van der Waals surface area contributed by atoms with Crippen LogP contribution in [0.4, 0.5) is 0 Å². The van der Waals surface area contributed by atoms with Crippen molar-refractivity contribution in [3.05, 3.63) is 0 Å². The standard InChI is InChI=1S/C10H17NO4S/c12-7(10(14)15)4-5-11-9(13)8-3-1-2-6-16-8/h7-8,12H,1-6H2,(H,11,13)(H,14,15)/t7-,8?/m0/s1. The van der Waals surface area contributed by atoms with Crippen LogP contribution in [0.3, 0.4) is 0 Å². The highest BCUT2D eigenvalue weighted by Gasteiger charge is 2.21. The number of thioether (sulfide) groups is 1. The minimum Gasteiger partial charge on any atom is -0.479 e. The van der Waals surface area contributed by atoms with Crippen LogP contribution in [0.25, 0.3) is 0 Å². The van der Waals surface area contributed by atoms with E-state index in [0.29, 0.717) is 0 Å². The SMILES string of the molecule is O=C(NCC[C@H](O)C(=O)O)C1CCCCS1. The summed E-state index contributed by atoms with van der Waals surface area (Å²) in [5.74, 6) is -0.279. The van der Waals surface area contributed by atoms with Gasteiger partial charge < -0.3 is 15.5 Å². The molecule has 0 aromatic heterocycles. The van der Waals surface area contributed by atoms with Gasteiger partial charge in [0.15, 0.2) is 6.10 Å². The van der Waals surface area contributed by atoms with Crippen molar-refractivity contribution in [2.75, 3.05) is 12.3 Å². The average Bonchev–Trinajstić information content (AvgIpc) is 2.29. The fourth-order valence-electron chi connectivity index (χ4n) is 1.52. The average molecular weight is 247 g/mol. The zero-order valence-corrected chi connectivity index (χ0v) is 9.83. The summed E-state index contributed by atoms with van der Waals surface area (Å²) in [5, 5.41) is 20.1. The van der Waals surface area contributed by atoms with Gasteiger partial charge in [-0.3, -0.25) is 4.79 Å². The zero-order valence-electron chi connectivity index (χ0n) is 9.02. The molecule has 1 fully saturated rings. The maximum Gasteiger partial charge on any atom is 0.332 e. The molecule has 1 unspecified atom stereocenters. The molecule has 0 aliphatic carbocycles. The van der Waals surface area contributed by atoms with E-state index in [1.807, 2.05) is 0 Å². The van der Waals surface area contributed by atoms with Gasteiger partial charge in [-0.25, -0.2) is 4.79 Å². The molecule has 1 rings (SSSR count). The van der Waals surface area contributed by atoms with Gasteiger partial charge in [0.1, 0.15) is 0 Å². The van der Waals surface area contributed by atoms with Crippen molar-refractivity contribution in [3.63, 3.8) is 0 Å². The molecule has 1 aliphatic heterocycles. The quantitative estimate of drug-likeness (QED) is 0.647. The second kappa shape index (κ2) is 6.75. The van der Waals surface area contributed by atoms with Crippen LogP contribution < -0.4 is 5.32 Å². The van der Waals surface area contributed by atoms with Crippen molar-refractivity contribution < 1.29 is 19.8 Å². The van der Waals surface area contributed by atoms with Gasteiger partial charge >= 0.3 is 5.97 Å². The molecular weight excluding hydrogens is 230 g/mol. The van der Waals surface area contributed by atoms with Crippen molar-refractivity contribution >= 4 is 23.6 Å². The Morgan fingerprint density at radius 3 is 2.75 bits per heavy atom. The highest BCUT2D eigenvalue weighted by molar-refractivity contribution is 8.00. The Labute approximate surface area is 98.6 Å². The molecule has 1 aliphatic rings. The van der Waals surface area contributed by atoms with E-state index < -0.39 is 12.1 Å². The summed E-state index contributed by atoms with van der Waals surface area (Å²) in [6, 6.07) is 0. The Morgan fingerprint density at radius 2 is 2.19 bits per heavy atom. The molecule has 2 atom stereocenters. The third-order valence-corrected chi connectivity index (χ3v) is 3.85. The van der Waals surface area contributed by atoms with Crippen molar-refractivity contribution in [2.24, 2.45) is 0 Å². The summed E-state index contributed by atoms with van der Waals surface area (Å²) < 4.78 is 0. The number of carbonyl (C=O) groups excluding carboxylic acids is 1. The van der Waals surface area contributed by atoms with Crippen molar-refractivity contribution in [3.8, 4) is 0 Å². The van der Waals surface area contributed by atoms with Crippen LogP contribution in [-0.2, 0) is 9.59 Å². The van der Waals surface area contributed by atoms with Gasteiger partial charge in [-0.1, -0.05) is 6.42 Å². The Morgan fingerprint density at radius 1 is 1.44 bits per heavy atom. The van der Waals surface area contributed by atoms with Crippen LogP contribution in [0.2, 0.25) is 0 Å². The van der Waals surface area contributed by atoms with E-state index in [9.17, 15) is 9.59 Å². The van der Waals surface area contributed by atoms with Gasteiger partial charge in [0.2, 0.25) is 5.91 Å². The van der Waals surface area contributed by atoms with Gasteiger partial charge in [0, 0.05) is 13.0 Å². The second-order valence-electron chi connectivity index (χ2n) is 3.79. The minimum atomic E-state index is -1.39. The Bertz CT molecular complexity index is 253. The number of aliphatic hydroxyl groups excluding tert-OH is 1. The van der Waals surface area contributed by atoms with E-state index >= 15 is 0 Å². The normalized spacial score (nSPS) is 22.4. The van der Waals surface area contributed by atoms with E-state index in [0.717, 1.165) is 25.0 Å². The number of hydrogen-bond acceptors (Lipinski definition) is 4. The summed E-state index contributed by atoms with van der Waals surface area (Å²) >= 11 is 1.65. The number of aliphatic carboxylic acids is 1. The summed E-state index contributed by atoms with van der Waals surface area (Å²) in [6.07, 6.45) is 1.78. The Kier molecular flexibility index (Phi) is 5.62.